The number of allylic oxidation sites excluding steroid dienone is 4. The number of aliphatic imine (C=N–C) groups is 1. The molecule has 0 aromatic heterocycles. The van der Waals surface area contributed by atoms with Crippen LogP contribution in [0.25, 0.3) is 0 Å². The van der Waals surface area contributed by atoms with Crippen molar-refractivity contribution in [3.05, 3.63) is 99.1 Å². The number of fused-ring (bicyclic) bond motifs is 2. The highest BCUT2D eigenvalue weighted by Gasteiger charge is 2.55. The highest BCUT2D eigenvalue weighted by atomic mass is 16.7. The number of aryl methyl sites for hydroxylation is 1. The summed E-state index contributed by atoms with van der Waals surface area (Å²) in [6.45, 7) is -0.325. The van der Waals surface area contributed by atoms with E-state index >= 15 is 0 Å². The molecule has 3 heterocycles. The number of methoxy groups -OCH3 is 1. The Labute approximate surface area is 316 Å². The quantitative estimate of drug-likeness (QED) is 0.0790. The largest absolute Gasteiger partial charge is 0.507 e. The number of ketones is 2. The summed E-state index contributed by atoms with van der Waals surface area (Å²) in [6, 6.07) is 4.23. The minimum atomic E-state index is -2.12. The zero-order chi connectivity index (χ0) is 39.6. The third-order valence-corrected chi connectivity index (χ3v) is 10.3. The van der Waals surface area contributed by atoms with Crippen molar-refractivity contribution < 1.29 is 49.3 Å². The molecule has 17 nitrogen and oxygen atoms in total. The number of hydrogen-bond donors (Lipinski definition) is 11. The highest BCUT2D eigenvalue weighted by Crippen LogP contribution is 2.43. The number of aromatic hydroxyl groups is 1. The van der Waals surface area contributed by atoms with Crippen LogP contribution in [0, 0.1) is 0 Å². The molecule has 0 spiro atoms. The van der Waals surface area contributed by atoms with Gasteiger partial charge in [0.15, 0.2) is 11.7 Å². The van der Waals surface area contributed by atoms with E-state index in [9.17, 15) is 35.1 Å². The minimum Gasteiger partial charge on any atom is -0.507 e. The summed E-state index contributed by atoms with van der Waals surface area (Å²) in [5.41, 5.74) is 17.4. The lowest BCUT2D eigenvalue weighted by atomic mass is 9.79. The van der Waals surface area contributed by atoms with E-state index in [-0.39, 0.29) is 65.3 Å². The van der Waals surface area contributed by atoms with Crippen LogP contribution >= 0.6 is 0 Å². The van der Waals surface area contributed by atoms with Crippen molar-refractivity contribution in [2.45, 2.75) is 68.6 Å². The molecule has 17 heteroatoms. The topological polar surface area (TPSA) is 289 Å². The van der Waals surface area contributed by atoms with Gasteiger partial charge in [0.1, 0.15) is 41.2 Å². The number of phenols is 1. The lowest BCUT2D eigenvalue weighted by Gasteiger charge is -2.48. The van der Waals surface area contributed by atoms with Gasteiger partial charge in [0.2, 0.25) is 12.1 Å². The smallest absolute Gasteiger partial charge is 0.229 e. The van der Waals surface area contributed by atoms with Crippen LogP contribution < -0.4 is 42.6 Å². The van der Waals surface area contributed by atoms with Crippen molar-refractivity contribution in [1.82, 2.24) is 16.0 Å². The molecule has 0 amide bonds. The van der Waals surface area contributed by atoms with E-state index in [2.05, 4.69) is 20.9 Å². The Hall–Kier alpha value is -5.43. The first-order valence-electron chi connectivity index (χ1n) is 17.7. The van der Waals surface area contributed by atoms with Crippen LogP contribution in [0.15, 0.2) is 70.7 Å². The summed E-state index contributed by atoms with van der Waals surface area (Å²) >= 11 is 0. The highest BCUT2D eigenvalue weighted by molar-refractivity contribution is 6.30. The molecule has 6 rings (SSSR count). The van der Waals surface area contributed by atoms with Crippen molar-refractivity contribution in [2.75, 3.05) is 27.3 Å². The van der Waals surface area contributed by atoms with E-state index in [1.165, 1.54) is 26.3 Å². The predicted molar refractivity (Wildman–Crippen MR) is 200 cm³/mol. The van der Waals surface area contributed by atoms with E-state index in [0.717, 1.165) is 11.1 Å². The van der Waals surface area contributed by atoms with E-state index in [4.69, 9.17) is 31.4 Å². The maximum Gasteiger partial charge on any atom is 0.229 e. The molecule has 1 aliphatic carbocycles. The molecule has 55 heavy (non-hydrogen) atoms. The molecule has 0 bridgehead atoms. The van der Waals surface area contributed by atoms with E-state index in [1.807, 2.05) is 12.2 Å². The monoisotopic (exact) mass is 761 g/mol. The second-order valence-electron chi connectivity index (χ2n) is 13.7. The van der Waals surface area contributed by atoms with Gasteiger partial charge in [0.25, 0.3) is 0 Å². The number of hydrogen-bond acceptors (Lipinski definition) is 15. The number of aliphatic hydroxyl groups is 4. The first-order valence-corrected chi connectivity index (χ1v) is 17.7. The van der Waals surface area contributed by atoms with Crippen LogP contribution in [0.5, 0.6) is 17.2 Å². The molecular weight excluding hydrogens is 714 g/mol. The summed E-state index contributed by atoms with van der Waals surface area (Å²) in [5, 5.41) is 65.0. The number of guanidine groups is 1. The normalized spacial score (nSPS) is 26.1. The SMILES string of the molecule is CN=C(N)NCc1c(CCC2=CNC(N)C=C2)cc2c(c1O)C(=O)c1c(O[C@@H]3O[C@H](CO)[C@](O)(CCC4=CCNC(N)=C4)[C@H](O)[C@H]3O)cc(OC)cc1C2=O. The summed E-state index contributed by atoms with van der Waals surface area (Å²) in [4.78, 5) is 32.6. The number of nitrogens with two attached hydrogens (primary N) is 3. The number of dihydropyridines is 2. The Morgan fingerprint density at radius 1 is 1.11 bits per heavy atom. The van der Waals surface area contributed by atoms with Gasteiger partial charge in [-0.25, -0.2) is 0 Å². The predicted octanol–water partition coefficient (Wildman–Crippen LogP) is -0.870. The lowest BCUT2D eigenvalue weighted by Crippen LogP contribution is -2.67. The number of carbonyl (C=O) groups excluding carboxylic acids is 2. The zero-order valence-corrected chi connectivity index (χ0v) is 30.4. The zero-order valence-electron chi connectivity index (χ0n) is 30.4. The van der Waals surface area contributed by atoms with Crippen molar-refractivity contribution in [3.63, 3.8) is 0 Å². The Kier molecular flexibility index (Phi) is 11.5. The Bertz CT molecular complexity index is 2010. The summed E-state index contributed by atoms with van der Waals surface area (Å²) in [6.07, 6.45) is 2.72. The molecule has 2 aromatic rings. The average molecular weight is 762 g/mol. The molecule has 0 radical (unpaired) electrons. The molecule has 14 N–H and O–H groups in total. The Balaban J connectivity index is 1.33. The third-order valence-electron chi connectivity index (χ3n) is 10.3. The van der Waals surface area contributed by atoms with Crippen molar-refractivity contribution in [1.29, 1.82) is 0 Å². The maximum atomic E-state index is 14.5. The number of rotatable bonds is 12. The maximum absolute atomic E-state index is 14.5. The molecule has 1 fully saturated rings. The minimum absolute atomic E-state index is 0.0285. The number of ether oxygens (including phenoxy) is 3. The van der Waals surface area contributed by atoms with Crippen molar-refractivity contribution in [3.8, 4) is 17.2 Å². The van der Waals surface area contributed by atoms with Crippen molar-refractivity contribution in [2.24, 2.45) is 22.2 Å². The summed E-state index contributed by atoms with van der Waals surface area (Å²) < 4.78 is 17.3. The number of phenolic OH excluding ortho intramolecular Hbond substituents is 1. The van der Waals surface area contributed by atoms with Gasteiger partial charge in [0.05, 0.1) is 36.8 Å². The molecular formula is C38H47N7O10. The van der Waals surface area contributed by atoms with Crippen LogP contribution in [-0.2, 0) is 17.7 Å². The second-order valence-corrected chi connectivity index (χ2v) is 13.7. The van der Waals surface area contributed by atoms with E-state index in [0.29, 0.717) is 36.3 Å². The molecule has 1 saturated heterocycles. The molecule has 3 aliphatic heterocycles. The lowest BCUT2D eigenvalue weighted by molar-refractivity contribution is -0.314. The fraction of sp³-hybridized carbons (Fsp3) is 0.395. The summed E-state index contributed by atoms with van der Waals surface area (Å²) in [7, 11) is 2.83. The molecule has 4 aliphatic rings. The van der Waals surface area contributed by atoms with Gasteiger partial charge in [-0.05, 0) is 66.7 Å². The van der Waals surface area contributed by atoms with Gasteiger partial charge in [-0.15, -0.1) is 0 Å². The second kappa shape index (κ2) is 16.1. The van der Waals surface area contributed by atoms with Crippen LogP contribution in [0.3, 0.4) is 0 Å². The number of aliphatic hydroxyl groups excluding tert-OH is 3. The number of carbonyl (C=O) groups is 2. The van der Waals surface area contributed by atoms with Crippen molar-refractivity contribution >= 4 is 17.5 Å². The van der Waals surface area contributed by atoms with Crippen LogP contribution in [0.2, 0.25) is 0 Å². The summed E-state index contributed by atoms with van der Waals surface area (Å²) in [5.74, 6) is -1.48. The first-order chi connectivity index (χ1) is 26.3. The fourth-order valence-electron chi connectivity index (χ4n) is 7.16. The van der Waals surface area contributed by atoms with Gasteiger partial charge in [0, 0.05) is 49.1 Å². The standard InChI is InChI=1S/C38H47N7O10/c1-42-37(41)45-16-24-20(5-3-19-4-6-27(39)44-15-19)12-22-30(32(24)48)33(49)29-23(31(22)47)13-21(53-2)14-25(29)54-36-34(50)35(51)38(52,26(17-46)55-36)9-7-18-8-10-43-28(40)11-18/h4,6,8,11-15,26-27,34-36,43-44,46,48,50-52H,3,5,7,9-10,16-17,39-40H2,1-2H3,(H3,41,42,45)/t26-,27?,34-,35-,36-,38-/m1/s1. The number of nitrogens with one attached hydrogen (secondary N) is 3. The number of benzene rings is 2. The van der Waals surface area contributed by atoms with Crippen LogP contribution in [0.1, 0.15) is 62.2 Å². The van der Waals surface area contributed by atoms with Gasteiger partial charge in [-0.1, -0.05) is 12.2 Å². The first kappa shape index (κ1) is 39.3. The van der Waals surface area contributed by atoms with Gasteiger partial charge < -0.3 is 72.9 Å². The number of nitrogens with zero attached hydrogens (tertiary/aromatic N) is 1. The molecule has 1 unspecified atom stereocenters. The Morgan fingerprint density at radius 2 is 1.87 bits per heavy atom. The molecule has 294 valence electrons. The van der Waals surface area contributed by atoms with Crippen LogP contribution in [0.4, 0.5) is 0 Å². The molecule has 0 saturated carbocycles. The van der Waals surface area contributed by atoms with Gasteiger partial charge >= 0.3 is 0 Å². The van der Waals surface area contributed by atoms with E-state index in [1.54, 1.807) is 24.4 Å². The molecule has 6 atom stereocenters. The average Bonchev–Trinajstić information content (AvgIpc) is 3.18. The Morgan fingerprint density at radius 3 is 2.55 bits per heavy atom. The fourth-order valence-corrected chi connectivity index (χ4v) is 7.16. The van der Waals surface area contributed by atoms with Gasteiger partial charge in [-0.2, -0.15) is 0 Å². The van der Waals surface area contributed by atoms with Gasteiger partial charge in [-0.3, -0.25) is 14.6 Å². The van der Waals surface area contributed by atoms with E-state index < -0.39 is 54.1 Å². The third kappa shape index (κ3) is 7.75. The van der Waals surface area contributed by atoms with Crippen LogP contribution in [-0.4, -0.2) is 107 Å². The molecule has 2 aromatic carbocycles.